The highest BCUT2D eigenvalue weighted by Crippen LogP contribution is 2.32. The van der Waals surface area contributed by atoms with Crippen molar-refractivity contribution in [2.24, 2.45) is 0 Å². The van der Waals surface area contributed by atoms with Gasteiger partial charge in [0.25, 0.3) is 0 Å². The molecule has 0 fully saturated rings. The minimum atomic E-state index is 0.881. The number of hydrogen-bond donors (Lipinski definition) is 0. The summed E-state index contributed by atoms with van der Waals surface area (Å²) in [6.07, 6.45) is 0. The quantitative estimate of drug-likeness (QED) is 0.626. The average molecular weight is 274 g/mol. The molecule has 0 atom stereocenters. The number of hydrogen-bond acceptors (Lipinski definition) is 1. The molecule has 0 spiro atoms. The summed E-state index contributed by atoms with van der Waals surface area (Å²) in [5, 5.41) is 0. The molecule has 1 nitrogen and oxygen atoms in total. The van der Waals surface area contributed by atoms with Crippen LogP contribution in [0.2, 0.25) is 0 Å². The van der Waals surface area contributed by atoms with Gasteiger partial charge < -0.3 is 4.74 Å². The van der Waals surface area contributed by atoms with Gasteiger partial charge in [0.05, 0.1) is 7.11 Å². The smallest absolute Gasteiger partial charge is 0.118 e. The fraction of sp³-hybridized carbons (Fsp3) is 0.100. The predicted octanol–water partition coefficient (Wildman–Crippen LogP) is 5.34. The minimum Gasteiger partial charge on any atom is -0.497 e. The van der Waals surface area contributed by atoms with Gasteiger partial charge in [-0.3, -0.25) is 0 Å². The maximum Gasteiger partial charge on any atom is 0.118 e. The second-order valence-corrected chi connectivity index (χ2v) is 5.14. The molecule has 0 bridgehead atoms. The Hall–Kier alpha value is -2.54. The SMILES string of the molecule is COc1ccc(-c2ccccc2-c2ccc(C)cc2)cc1. The molecule has 1 heteroatoms. The second kappa shape index (κ2) is 5.84. The Morgan fingerprint density at radius 2 is 1.10 bits per heavy atom. The predicted molar refractivity (Wildman–Crippen MR) is 88.6 cm³/mol. The lowest BCUT2D eigenvalue weighted by molar-refractivity contribution is 0.415. The highest BCUT2D eigenvalue weighted by Gasteiger charge is 2.06. The molecule has 104 valence electrons. The summed E-state index contributed by atoms with van der Waals surface area (Å²) in [5.74, 6) is 0.881. The molecule has 3 aromatic carbocycles. The van der Waals surface area contributed by atoms with E-state index in [1.807, 2.05) is 12.1 Å². The summed E-state index contributed by atoms with van der Waals surface area (Å²) < 4.78 is 5.23. The fourth-order valence-electron chi connectivity index (χ4n) is 2.49. The van der Waals surface area contributed by atoms with E-state index in [4.69, 9.17) is 4.74 Å². The van der Waals surface area contributed by atoms with Crippen LogP contribution in [-0.2, 0) is 0 Å². The first-order valence-electron chi connectivity index (χ1n) is 7.08. The summed E-state index contributed by atoms with van der Waals surface area (Å²) in [5.41, 5.74) is 6.21. The van der Waals surface area contributed by atoms with Crippen molar-refractivity contribution in [1.29, 1.82) is 0 Å². The van der Waals surface area contributed by atoms with Gasteiger partial charge in [-0.05, 0) is 41.3 Å². The van der Waals surface area contributed by atoms with Gasteiger partial charge in [-0.1, -0.05) is 66.2 Å². The van der Waals surface area contributed by atoms with Crippen LogP contribution in [0.5, 0.6) is 5.75 Å². The van der Waals surface area contributed by atoms with Crippen LogP contribution in [0.15, 0.2) is 72.8 Å². The summed E-state index contributed by atoms with van der Waals surface area (Å²) >= 11 is 0. The summed E-state index contributed by atoms with van der Waals surface area (Å²) in [4.78, 5) is 0. The van der Waals surface area contributed by atoms with Crippen molar-refractivity contribution in [3.8, 4) is 28.0 Å². The molecule has 0 saturated heterocycles. The van der Waals surface area contributed by atoms with E-state index in [2.05, 4.69) is 67.6 Å². The van der Waals surface area contributed by atoms with Crippen molar-refractivity contribution in [3.63, 3.8) is 0 Å². The first-order chi connectivity index (χ1) is 10.3. The molecule has 3 rings (SSSR count). The standard InChI is InChI=1S/C20H18O/c1-15-7-9-16(10-8-15)19-5-3-4-6-20(19)17-11-13-18(21-2)14-12-17/h3-14H,1-2H3. The van der Waals surface area contributed by atoms with Gasteiger partial charge in [-0.2, -0.15) is 0 Å². The highest BCUT2D eigenvalue weighted by atomic mass is 16.5. The molecule has 0 aliphatic heterocycles. The number of aryl methyl sites for hydroxylation is 1. The summed E-state index contributed by atoms with van der Waals surface area (Å²) in [7, 11) is 1.69. The van der Waals surface area contributed by atoms with Crippen molar-refractivity contribution in [2.45, 2.75) is 6.92 Å². The molecule has 0 aliphatic carbocycles. The monoisotopic (exact) mass is 274 g/mol. The van der Waals surface area contributed by atoms with Gasteiger partial charge in [0, 0.05) is 0 Å². The lowest BCUT2D eigenvalue weighted by Crippen LogP contribution is -1.86. The van der Waals surface area contributed by atoms with Gasteiger partial charge >= 0.3 is 0 Å². The van der Waals surface area contributed by atoms with Gasteiger partial charge in [0.1, 0.15) is 5.75 Å². The van der Waals surface area contributed by atoms with E-state index in [1.54, 1.807) is 7.11 Å². The Labute approximate surface area is 125 Å². The molecule has 0 amide bonds. The minimum absolute atomic E-state index is 0.881. The zero-order valence-electron chi connectivity index (χ0n) is 12.3. The maximum atomic E-state index is 5.23. The van der Waals surface area contributed by atoms with Gasteiger partial charge in [-0.15, -0.1) is 0 Å². The van der Waals surface area contributed by atoms with E-state index in [0.29, 0.717) is 0 Å². The van der Waals surface area contributed by atoms with Crippen LogP contribution < -0.4 is 4.74 Å². The molecule has 21 heavy (non-hydrogen) atoms. The second-order valence-electron chi connectivity index (χ2n) is 5.14. The zero-order valence-corrected chi connectivity index (χ0v) is 12.3. The van der Waals surface area contributed by atoms with Crippen LogP contribution in [-0.4, -0.2) is 7.11 Å². The first kappa shape index (κ1) is 13.4. The van der Waals surface area contributed by atoms with Crippen molar-refractivity contribution >= 4 is 0 Å². The van der Waals surface area contributed by atoms with Gasteiger partial charge in [0.15, 0.2) is 0 Å². The normalized spacial score (nSPS) is 10.4. The molecule has 0 unspecified atom stereocenters. The van der Waals surface area contributed by atoms with Crippen LogP contribution >= 0.6 is 0 Å². The van der Waals surface area contributed by atoms with Crippen LogP contribution in [0.25, 0.3) is 22.3 Å². The number of benzene rings is 3. The zero-order chi connectivity index (χ0) is 14.7. The molecule has 0 aromatic heterocycles. The maximum absolute atomic E-state index is 5.23. The third-order valence-electron chi connectivity index (χ3n) is 3.69. The molecular weight excluding hydrogens is 256 g/mol. The van der Waals surface area contributed by atoms with Crippen LogP contribution in [0.1, 0.15) is 5.56 Å². The van der Waals surface area contributed by atoms with E-state index >= 15 is 0 Å². The van der Waals surface area contributed by atoms with E-state index in [1.165, 1.54) is 27.8 Å². The Bertz CT molecular complexity index is 725. The number of methoxy groups -OCH3 is 1. The molecular formula is C20H18O. The Balaban J connectivity index is 2.08. The van der Waals surface area contributed by atoms with Crippen LogP contribution in [0.3, 0.4) is 0 Å². The molecule has 0 N–H and O–H groups in total. The van der Waals surface area contributed by atoms with Crippen molar-refractivity contribution in [2.75, 3.05) is 7.11 Å². The first-order valence-corrected chi connectivity index (χ1v) is 7.08. The third kappa shape index (κ3) is 2.82. The highest BCUT2D eigenvalue weighted by molar-refractivity contribution is 5.83. The lowest BCUT2D eigenvalue weighted by atomic mass is 9.94. The summed E-state index contributed by atoms with van der Waals surface area (Å²) in [6.45, 7) is 2.11. The summed E-state index contributed by atoms with van der Waals surface area (Å²) in [6, 6.07) is 25.4. The van der Waals surface area contributed by atoms with E-state index in [-0.39, 0.29) is 0 Å². The Morgan fingerprint density at radius 1 is 0.619 bits per heavy atom. The molecule has 0 heterocycles. The number of rotatable bonds is 3. The Kier molecular flexibility index (Phi) is 3.74. The third-order valence-corrected chi connectivity index (χ3v) is 3.69. The van der Waals surface area contributed by atoms with Crippen molar-refractivity contribution in [1.82, 2.24) is 0 Å². The fourth-order valence-corrected chi connectivity index (χ4v) is 2.49. The average Bonchev–Trinajstić information content (AvgIpc) is 2.56. The van der Waals surface area contributed by atoms with Crippen LogP contribution in [0, 0.1) is 6.92 Å². The molecule has 0 radical (unpaired) electrons. The molecule has 0 saturated carbocycles. The van der Waals surface area contributed by atoms with Crippen molar-refractivity contribution in [3.05, 3.63) is 78.4 Å². The van der Waals surface area contributed by atoms with Gasteiger partial charge in [-0.25, -0.2) is 0 Å². The van der Waals surface area contributed by atoms with Gasteiger partial charge in [0.2, 0.25) is 0 Å². The van der Waals surface area contributed by atoms with Crippen molar-refractivity contribution < 1.29 is 4.74 Å². The van der Waals surface area contributed by atoms with E-state index in [9.17, 15) is 0 Å². The molecule has 0 aliphatic rings. The van der Waals surface area contributed by atoms with E-state index in [0.717, 1.165) is 5.75 Å². The lowest BCUT2D eigenvalue weighted by Gasteiger charge is -2.11. The van der Waals surface area contributed by atoms with Crippen LogP contribution in [0.4, 0.5) is 0 Å². The number of ether oxygens (including phenoxy) is 1. The Morgan fingerprint density at radius 3 is 1.57 bits per heavy atom. The van der Waals surface area contributed by atoms with E-state index < -0.39 is 0 Å². The largest absolute Gasteiger partial charge is 0.497 e. The molecule has 3 aromatic rings. The topological polar surface area (TPSA) is 9.23 Å².